The Morgan fingerprint density at radius 1 is 1.00 bits per heavy atom. The number of carbonyl (C=O) groups is 2. The second kappa shape index (κ2) is 10.6. The van der Waals surface area contributed by atoms with Crippen LogP contribution in [0.15, 0.2) is 48.5 Å². The van der Waals surface area contributed by atoms with E-state index in [0.29, 0.717) is 5.56 Å². The van der Waals surface area contributed by atoms with Crippen LogP contribution in [0, 0.1) is 11.8 Å². The molecule has 1 fully saturated rings. The number of rotatable bonds is 5. The van der Waals surface area contributed by atoms with Gasteiger partial charge in [0.1, 0.15) is 6.04 Å². The maximum atomic E-state index is 12.3. The summed E-state index contributed by atoms with van der Waals surface area (Å²) >= 11 is 0. The molecule has 0 radical (unpaired) electrons. The molecule has 3 rings (SSSR count). The number of hydroxylamine groups is 1. The number of amides is 2. The molecule has 8 heteroatoms. The molecule has 2 atom stereocenters. The topological polar surface area (TPSA) is 111 Å². The smallest absolute Gasteiger partial charge is 0.268 e. The molecule has 0 aromatic heterocycles. The van der Waals surface area contributed by atoms with Gasteiger partial charge in [-0.15, -0.1) is 0 Å². The number of aliphatic hydroxyl groups is 1. The van der Waals surface area contributed by atoms with Crippen molar-refractivity contribution in [3.63, 3.8) is 0 Å². The quantitative estimate of drug-likeness (QED) is 0.323. The van der Waals surface area contributed by atoms with Crippen LogP contribution in [0.5, 0.6) is 0 Å². The minimum Gasteiger partial charge on any atom is -0.391 e. The largest absolute Gasteiger partial charge is 0.391 e. The molecule has 2 unspecified atom stereocenters. The fourth-order valence-electron chi connectivity index (χ4n) is 3.13. The highest BCUT2D eigenvalue weighted by molar-refractivity contribution is 5.97. The van der Waals surface area contributed by atoms with Crippen molar-refractivity contribution in [3.05, 3.63) is 65.2 Å². The van der Waals surface area contributed by atoms with Gasteiger partial charge in [0.2, 0.25) is 0 Å². The molecule has 1 aliphatic rings. The third kappa shape index (κ3) is 6.06. The van der Waals surface area contributed by atoms with E-state index in [4.69, 9.17) is 9.94 Å². The third-order valence-electron chi connectivity index (χ3n) is 4.90. The van der Waals surface area contributed by atoms with Gasteiger partial charge in [0, 0.05) is 35.5 Å². The van der Waals surface area contributed by atoms with E-state index < -0.39 is 24.0 Å². The standard InChI is InChI=1S/C23H25N3O5/c1-16(27)21(23(29)25-30)24-22(28)19-8-4-17(5-9-19)2-3-18-6-10-20(11-7-18)26-12-14-31-15-13-26/h4-11,16,21,27,30H,12-15H2,1H3,(H,24,28)(H,25,29). The Bertz CT molecular complexity index is 955. The summed E-state index contributed by atoms with van der Waals surface area (Å²) in [6.45, 7) is 4.58. The van der Waals surface area contributed by atoms with Gasteiger partial charge in [-0.2, -0.15) is 0 Å². The number of hydrogen-bond acceptors (Lipinski definition) is 6. The second-order valence-corrected chi connectivity index (χ2v) is 7.14. The van der Waals surface area contributed by atoms with Crippen molar-refractivity contribution in [3.8, 4) is 11.8 Å². The first-order chi connectivity index (χ1) is 15.0. The molecule has 0 bridgehead atoms. The maximum Gasteiger partial charge on any atom is 0.268 e. The molecule has 2 aromatic carbocycles. The summed E-state index contributed by atoms with van der Waals surface area (Å²) in [6, 6.07) is 13.3. The molecule has 0 spiro atoms. The monoisotopic (exact) mass is 423 g/mol. The van der Waals surface area contributed by atoms with Crippen LogP contribution in [0.1, 0.15) is 28.4 Å². The number of anilines is 1. The Hall–Kier alpha value is -3.38. The summed E-state index contributed by atoms with van der Waals surface area (Å²) in [4.78, 5) is 26.1. The maximum absolute atomic E-state index is 12.3. The average molecular weight is 423 g/mol. The van der Waals surface area contributed by atoms with Gasteiger partial charge in [0.15, 0.2) is 0 Å². The normalized spacial score (nSPS) is 15.3. The van der Waals surface area contributed by atoms with Crippen molar-refractivity contribution < 1.29 is 24.6 Å². The minimum absolute atomic E-state index is 0.303. The Labute approximate surface area is 180 Å². The van der Waals surface area contributed by atoms with Crippen molar-refractivity contribution in [1.82, 2.24) is 10.8 Å². The van der Waals surface area contributed by atoms with Crippen molar-refractivity contribution >= 4 is 17.5 Å². The zero-order valence-electron chi connectivity index (χ0n) is 17.2. The van der Waals surface area contributed by atoms with E-state index >= 15 is 0 Å². The first kappa shape index (κ1) is 22.3. The minimum atomic E-state index is -1.27. The second-order valence-electron chi connectivity index (χ2n) is 7.14. The number of nitrogens with zero attached hydrogens (tertiary/aromatic N) is 1. The molecular weight excluding hydrogens is 398 g/mol. The van der Waals surface area contributed by atoms with Crippen LogP contribution in [0.3, 0.4) is 0 Å². The molecular formula is C23H25N3O5. The number of benzene rings is 2. The van der Waals surface area contributed by atoms with Gasteiger partial charge in [-0.05, 0) is 55.5 Å². The summed E-state index contributed by atoms with van der Waals surface area (Å²) in [5.41, 5.74) is 4.49. The predicted molar refractivity (Wildman–Crippen MR) is 115 cm³/mol. The van der Waals surface area contributed by atoms with Crippen LogP contribution >= 0.6 is 0 Å². The van der Waals surface area contributed by atoms with E-state index in [0.717, 1.165) is 43.1 Å². The third-order valence-corrected chi connectivity index (χ3v) is 4.90. The number of aliphatic hydroxyl groups excluding tert-OH is 1. The van der Waals surface area contributed by atoms with Gasteiger partial charge >= 0.3 is 0 Å². The van der Waals surface area contributed by atoms with Crippen LogP contribution in [-0.4, -0.2) is 60.6 Å². The Balaban J connectivity index is 1.62. The van der Waals surface area contributed by atoms with Crippen molar-refractivity contribution in [2.45, 2.75) is 19.1 Å². The molecule has 0 saturated carbocycles. The van der Waals surface area contributed by atoms with Crippen LogP contribution in [0.4, 0.5) is 5.69 Å². The molecule has 162 valence electrons. The summed E-state index contributed by atoms with van der Waals surface area (Å²) in [5.74, 6) is 4.72. The van der Waals surface area contributed by atoms with Crippen LogP contribution < -0.4 is 15.7 Å². The molecule has 4 N–H and O–H groups in total. The Morgan fingerprint density at radius 3 is 2.06 bits per heavy atom. The molecule has 2 aromatic rings. The first-order valence-electron chi connectivity index (χ1n) is 9.95. The zero-order valence-corrected chi connectivity index (χ0v) is 17.2. The summed E-state index contributed by atoms with van der Waals surface area (Å²) in [5, 5.41) is 20.7. The summed E-state index contributed by atoms with van der Waals surface area (Å²) in [7, 11) is 0. The van der Waals surface area contributed by atoms with Gasteiger partial charge in [0.25, 0.3) is 11.8 Å². The zero-order chi connectivity index (χ0) is 22.2. The molecule has 31 heavy (non-hydrogen) atoms. The summed E-state index contributed by atoms with van der Waals surface area (Å²) < 4.78 is 5.37. The molecule has 0 aliphatic carbocycles. The Morgan fingerprint density at radius 2 is 1.55 bits per heavy atom. The highest BCUT2D eigenvalue weighted by atomic mass is 16.5. The molecule has 2 amide bonds. The molecule has 1 heterocycles. The fourth-order valence-corrected chi connectivity index (χ4v) is 3.13. The predicted octanol–water partition coefficient (Wildman–Crippen LogP) is 0.908. The van der Waals surface area contributed by atoms with Gasteiger partial charge in [-0.25, -0.2) is 5.48 Å². The van der Waals surface area contributed by atoms with Crippen LogP contribution in [-0.2, 0) is 9.53 Å². The van der Waals surface area contributed by atoms with Crippen molar-refractivity contribution in [1.29, 1.82) is 0 Å². The van der Waals surface area contributed by atoms with Gasteiger partial charge < -0.3 is 20.1 Å². The first-order valence-corrected chi connectivity index (χ1v) is 9.95. The lowest BCUT2D eigenvalue weighted by atomic mass is 10.1. The number of morpholine rings is 1. The fraction of sp³-hybridized carbons (Fsp3) is 0.304. The van der Waals surface area contributed by atoms with Crippen LogP contribution in [0.25, 0.3) is 0 Å². The van der Waals surface area contributed by atoms with Crippen molar-refractivity contribution in [2.75, 3.05) is 31.2 Å². The molecule has 1 saturated heterocycles. The summed E-state index contributed by atoms with van der Waals surface area (Å²) in [6.07, 6.45) is -1.17. The van der Waals surface area contributed by atoms with Crippen LogP contribution in [0.2, 0.25) is 0 Å². The average Bonchev–Trinajstić information content (AvgIpc) is 2.81. The van der Waals surface area contributed by atoms with E-state index in [1.54, 1.807) is 24.3 Å². The lowest BCUT2D eigenvalue weighted by Gasteiger charge is -2.28. The van der Waals surface area contributed by atoms with E-state index in [1.807, 2.05) is 24.3 Å². The van der Waals surface area contributed by atoms with E-state index in [9.17, 15) is 14.7 Å². The van der Waals surface area contributed by atoms with Gasteiger partial charge in [-0.3, -0.25) is 14.8 Å². The Kier molecular flexibility index (Phi) is 7.62. The van der Waals surface area contributed by atoms with E-state index in [2.05, 4.69) is 22.1 Å². The van der Waals surface area contributed by atoms with E-state index in [-0.39, 0.29) is 0 Å². The van der Waals surface area contributed by atoms with Crippen molar-refractivity contribution in [2.24, 2.45) is 0 Å². The molecule has 8 nitrogen and oxygen atoms in total. The number of ether oxygens (including phenoxy) is 1. The number of hydrogen-bond donors (Lipinski definition) is 4. The van der Waals surface area contributed by atoms with Gasteiger partial charge in [0.05, 0.1) is 19.3 Å². The lowest BCUT2D eigenvalue weighted by Crippen LogP contribution is -2.51. The number of carbonyl (C=O) groups excluding carboxylic acids is 2. The van der Waals surface area contributed by atoms with E-state index in [1.165, 1.54) is 12.4 Å². The lowest BCUT2D eigenvalue weighted by molar-refractivity contribution is -0.133. The highest BCUT2D eigenvalue weighted by Gasteiger charge is 2.25. The molecule has 1 aliphatic heterocycles. The van der Waals surface area contributed by atoms with Gasteiger partial charge in [-0.1, -0.05) is 11.8 Å². The number of nitrogens with one attached hydrogen (secondary N) is 2. The SMILES string of the molecule is CC(O)C(NC(=O)c1ccc(C#Cc2ccc(N3CCOCC3)cc2)cc1)C(=O)NO. The highest BCUT2D eigenvalue weighted by Crippen LogP contribution is 2.16.